The molecule has 5 nitrogen and oxygen atoms in total. The van der Waals surface area contributed by atoms with Gasteiger partial charge in [0.05, 0.1) is 15.4 Å². The zero-order valence-electron chi connectivity index (χ0n) is 13.4. The van der Waals surface area contributed by atoms with Crippen LogP contribution in [-0.2, 0) is 0 Å². The molecule has 3 aromatic rings. The Kier molecular flexibility index (Phi) is 4.55. The van der Waals surface area contributed by atoms with Crippen LogP contribution in [0.1, 0.15) is 32.0 Å². The Bertz CT molecular complexity index is 900. The maximum absolute atomic E-state index is 12.7. The van der Waals surface area contributed by atoms with E-state index in [1.807, 2.05) is 19.1 Å². The number of ketones is 1. The van der Waals surface area contributed by atoms with E-state index in [4.69, 9.17) is 0 Å². The highest BCUT2D eigenvalue weighted by Gasteiger charge is 2.21. The number of pyridine rings is 1. The largest absolute Gasteiger partial charge is 0.301 e. The van der Waals surface area contributed by atoms with Crippen LogP contribution in [0.5, 0.6) is 0 Å². The lowest BCUT2D eigenvalue weighted by Gasteiger charge is -2.14. The summed E-state index contributed by atoms with van der Waals surface area (Å²) in [5, 5.41) is 1.61. The highest BCUT2D eigenvalue weighted by molar-refractivity contribution is 7.19. The average molecular weight is 357 g/mol. The molecule has 0 saturated heterocycles. The number of carbonyl (C=O) groups is 2. The predicted octanol–water partition coefficient (Wildman–Crippen LogP) is 4.05. The molecule has 0 fully saturated rings. The van der Waals surface area contributed by atoms with Crippen LogP contribution < -0.4 is 4.90 Å². The number of hydrogen-bond donors (Lipinski definition) is 0. The van der Waals surface area contributed by atoms with Crippen molar-refractivity contribution in [3.8, 4) is 10.6 Å². The quantitative estimate of drug-likeness (QED) is 0.661. The summed E-state index contributed by atoms with van der Waals surface area (Å²) in [5.41, 5.74) is 1.71. The Balaban J connectivity index is 1.89. The van der Waals surface area contributed by atoms with Gasteiger partial charge in [-0.2, -0.15) is 0 Å². The minimum absolute atomic E-state index is 0.0328. The second kappa shape index (κ2) is 6.62. The van der Waals surface area contributed by atoms with Crippen molar-refractivity contribution in [3.05, 3.63) is 52.1 Å². The summed E-state index contributed by atoms with van der Waals surface area (Å²) in [6, 6.07) is 7.18. The Hall–Kier alpha value is -2.38. The molecular formula is C17H15N3O2S2. The molecule has 0 aromatic carbocycles. The van der Waals surface area contributed by atoms with Gasteiger partial charge in [-0.15, -0.1) is 11.3 Å². The summed E-state index contributed by atoms with van der Waals surface area (Å²) in [4.78, 5) is 35.4. The fraction of sp³-hybridized carbons (Fsp3) is 0.176. The molecule has 0 spiro atoms. The maximum Gasteiger partial charge on any atom is 0.268 e. The van der Waals surface area contributed by atoms with Crippen LogP contribution in [0.3, 0.4) is 0 Å². The molecule has 0 unspecified atom stereocenters. The van der Waals surface area contributed by atoms with Crippen LogP contribution in [-0.4, -0.2) is 28.7 Å². The van der Waals surface area contributed by atoms with E-state index in [1.165, 1.54) is 29.6 Å². The van der Waals surface area contributed by atoms with E-state index in [1.54, 1.807) is 36.5 Å². The molecule has 24 heavy (non-hydrogen) atoms. The van der Waals surface area contributed by atoms with Crippen molar-refractivity contribution >= 4 is 39.4 Å². The minimum Gasteiger partial charge on any atom is -0.301 e. The number of nitrogens with zero attached hydrogens (tertiary/aromatic N) is 3. The maximum atomic E-state index is 12.7. The lowest BCUT2D eigenvalue weighted by Crippen LogP contribution is -2.25. The number of thiazole rings is 1. The first kappa shape index (κ1) is 16.5. The zero-order chi connectivity index (χ0) is 17.3. The second-order valence-corrected chi connectivity index (χ2v) is 7.30. The smallest absolute Gasteiger partial charge is 0.268 e. The fourth-order valence-electron chi connectivity index (χ4n) is 2.21. The number of carbonyl (C=O) groups excluding carboxylic acids is 2. The van der Waals surface area contributed by atoms with E-state index in [9.17, 15) is 9.59 Å². The number of thiophene rings is 1. The van der Waals surface area contributed by atoms with Gasteiger partial charge in [0.2, 0.25) is 0 Å². The van der Waals surface area contributed by atoms with Gasteiger partial charge >= 0.3 is 0 Å². The normalized spacial score (nSPS) is 10.6. The molecule has 0 atom stereocenters. The van der Waals surface area contributed by atoms with E-state index >= 15 is 0 Å². The van der Waals surface area contributed by atoms with Crippen molar-refractivity contribution < 1.29 is 9.59 Å². The first-order valence-electron chi connectivity index (χ1n) is 7.24. The predicted molar refractivity (Wildman–Crippen MR) is 97.1 cm³/mol. The van der Waals surface area contributed by atoms with Crippen molar-refractivity contribution in [3.63, 3.8) is 0 Å². The summed E-state index contributed by atoms with van der Waals surface area (Å²) < 4.78 is 0. The first-order chi connectivity index (χ1) is 11.5. The molecule has 122 valence electrons. The van der Waals surface area contributed by atoms with Gasteiger partial charge in [-0.05, 0) is 38.1 Å². The molecule has 7 heteroatoms. The molecule has 0 N–H and O–H groups in total. The summed E-state index contributed by atoms with van der Waals surface area (Å²) in [6.45, 7) is 3.38. The minimum atomic E-state index is -0.142. The molecule has 0 bridgehead atoms. The summed E-state index contributed by atoms with van der Waals surface area (Å²) in [5.74, 6) is -0.175. The van der Waals surface area contributed by atoms with Crippen LogP contribution in [0.2, 0.25) is 0 Å². The lowest BCUT2D eigenvalue weighted by molar-refractivity contribution is 0.0995. The molecule has 0 aliphatic rings. The SMILES string of the molecule is CC(=O)c1ccc(C(=O)N(C)c2sc(-c3cccnc3)nc2C)s1. The van der Waals surface area contributed by atoms with Crippen molar-refractivity contribution in [1.29, 1.82) is 0 Å². The number of aromatic nitrogens is 2. The van der Waals surface area contributed by atoms with Gasteiger partial charge in [0.25, 0.3) is 5.91 Å². The average Bonchev–Trinajstić information content (AvgIpc) is 3.21. The van der Waals surface area contributed by atoms with Crippen LogP contribution in [0, 0.1) is 6.92 Å². The molecular weight excluding hydrogens is 342 g/mol. The number of aryl methyl sites for hydroxylation is 1. The van der Waals surface area contributed by atoms with Crippen LogP contribution in [0.25, 0.3) is 10.6 Å². The molecule has 0 aliphatic heterocycles. The number of hydrogen-bond acceptors (Lipinski definition) is 6. The summed E-state index contributed by atoms with van der Waals surface area (Å²) in [6.07, 6.45) is 3.46. The lowest BCUT2D eigenvalue weighted by atomic mass is 10.3. The Morgan fingerprint density at radius 1 is 1.12 bits per heavy atom. The van der Waals surface area contributed by atoms with Gasteiger partial charge in [0, 0.05) is 25.0 Å². The van der Waals surface area contributed by atoms with Crippen molar-refractivity contribution in [1.82, 2.24) is 9.97 Å². The molecule has 0 aliphatic carbocycles. The van der Waals surface area contributed by atoms with Crippen LogP contribution in [0.4, 0.5) is 5.00 Å². The molecule has 1 amide bonds. The molecule has 3 aromatic heterocycles. The van der Waals surface area contributed by atoms with Crippen molar-refractivity contribution in [2.75, 3.05) is 11.9 Å². The number of amides is 1. The van der Waals surface area contributed by atoms with Gasteiger partial charge in [-0.25, -0.2) is 4.98 Å². The standard InChI is InChI=1S/C17H15N3O2S2/c1-10-17(24-15(19-10)12-5-4-8-18-9-12)20(3)16(22)14-7-6-13(23-14)11(2)21/h4-9H,1-3H3. The van der Waals surface area contributed by atoms with Crippen molar-refractivity contribution in [2.24, 2.45) is 0 Å². The third kappa shape index (κ3) is 3.13. The Morgan fingerprint density at radius 2 is 1.88 bits per heavy atom. The number of rotatable bonds is 4. The fourth-order valence-corrected chi connectivity index (χ4v) is 4.11. The highest BCUT2D eigenvalue weighted by atomic mass is 32.1. The molecule has 0 saturated carbocycles. The number of Topliss-reactive ketones (excluding diaryl/α,β-unsaturated/α-hetero) is 1. The van der Waals surface area contributed by atoms with E-state index in [0.717, 1.165) is 21.3 Å². The third-order valence-corrected chi connectivity index (χ3v) is 5.91. The molecule has 0 radical (unpaired) electrons. The number of anilines is 1. The van der Waals surface area contributed by atoms with E-state index in [2.05, 4.69) is 9.97 Å². The van der Waals surface area contributed by atoms with Gasteiger partial charge in [-0.3, -0.25) is 14.6 Å². The van der Waals surface area contributed by atoms with Crippen LogP contribution >= 0.6 is 22.7 Å². The Labute approximate surface area is 147 Å². The van der Waals surface area contributed by atoms with E-state index < -0.39 is 0 Å². The second-order valence-electron chi connectivity index (χ2n) is 5.24. The molecule has 3 rings (SSSR count). The van der Waals surface area contributed by atoms with Crippen molar-refractivity contribution in [2.45, 2.75) is 13.8 Å². The van der Waals surface area contributed by atoms with Gasteiger partial charge in [-0.1, -0.05) is 11.3 Å². The highest BCUT2D eigenvalue weighted by Crippen LogP contribution is 2.34. The Morgan fingerprint density at radius 3 is 2.50 bits per heavy atom. The third-order valence-electron chi connectivity index (χ3n) is 3.45. The first-order valence-corrected chi connectivity index (χ1v) is 8.87. The van der Waals surface area contributed by atoms with E-state index in [0.29, 0.717) is 9.75 Å². The van der Waals surface area contributed by atoms with Gasteiger partial charge in [0.1, 0.15) is 10.0 Å². The van der Waals surface area contributed by atoms with E-state index in [-0.39, 0.29) is 11.7 Å². The summed E-state index contributed by atoms with van der Waals surface area (Å²) in [7, 11) is 1.73. The zero-order valence-corrected chi connectivity index (χ0v) is 15.1. The van der Waals surface area contributed by atoms with Crippen LogP contribution in [0.15, 0.2) is 36.7 Å². The monoisotopic (exact) mass is 357 g/mol. The topological polar surface area (TPSA) is 63.2 Å². The summed E-state index contributed by atoms with van der Waals surface area (Å²) >= 11 is 2.66. The van der Waals surface area contributed by atoms with Gasteiger partial charge in [0.15, 0.2) is 5.78 Å². The van der Waals surface area contributed by atoms with Gasteiger partial charge < -0.3 is 4.90 Å². The molecule has 3 heterocycles.